The van der Waals surface area contributed by atoms with Crippen LogP contribution in [0.15, 0.2) is 200 Å². The molecule has 0 aliphatic heterocycles. The van der Waals surface area contributed by atoms with Crippen molar-refractivity contribution in [3.63, 3.8) is 0 Å². The first kappa shape index (κ1) is 31.9. The van der Waals surface area contributed by atoms with E-state index in [-0.39, 0.29) is 0 Å². The van der Waals surface area contributed by atoms with Gasteiger partial charge in [-0.2, -0.15) is 0 Å². The number of para-hydroxylation sites is 3. The van der Waals surface area contributed by atoms with Gasteiger partial charge in [-0.25, -0.2) is 9.97 Å². The highest BCUT2D eigenvalue weighted by Gasteiger charge is 2.19. The third-order valence-electron chi connectivity index (χ3n) is 10.8. The Morgan fingerprint density at radius 2 is 0.839 bits per heavy atom. The van der Waals surface area contributed by atoms with Crippen LogP contribution in [0.4, 0.5) is 0 Å². The van der Waals surface area contributed by atoms with Gasteiger partial charge >= 0.3 is 0 Å². The van der Waals surface area contributed by atoms with E-state index in [0.29, 0.717) is 5.82 Å². The maximum Gasteiger partial charge on any atom is 0.161 e. The summed E-state index contributed by atoms with van der Waals surface area (Å²) < 4.78 is 4.76. The van der Waals surface area contributed by atoms with Gasteiger partial charge in [0.2, 0.25) is 0 Å². The summed E-state index contributed by atoms with van der Waals surface area (Å²) in [5.41, 5.74) is 13.7. The molecule has 0 saturated carbocycles. The lowest BCUT2D eigenvalue weighted by Crippen LogP contribution is -1.99. The molecule has 5 heteroatoms. The van der Waals surface area contributed by atoms with Crippen LogP contribution in [0.1, 0.15) is 0 Å². The summed E-state index contributed by atoms with van der Waals surface area (Å²) in [7, 11) is 0. The maximum absolute atomic E-state index is 5.16. The molecule has 4 heterocycles. The molecular weight excluding hydrogens is 683 g/mol. The molecule has 11 rings (SSSR count). The lowest BCUT2D eigenvalue weighted by atomic mass is 9.99. The standard InChI is InChI=1S/C51H33N5/c1-3-14-34(15-4-1)45-32-46(35-16-5-2-6-17-35)54-51(53-45)42-28-29-52-33-44(42)36-26-27-50-43(30-36)41-22-9-12-25-49(41)56(50)38-19-13-18-37(31-38)55-47-23-10-7-20-39(47)40-21-8-11-24-48(40)55/h1-33H. The summed E-state index contributed by atoms with van der Waals surface area (Å²) >= 11 is 0. The summed E-state index contributed by atoms with van der Waals surface area (Å²) in [5, 5.41) is 4.85. The molecule has 262 valence electrons. The Balaban J connectivity index is 1.07. The van der Waals surface area contributed by atoms with Crippen LogP contribution in [0.5, 0.6) is 0 Å². The zero-order valence-corrected chi connectivity index (χ0v) is 30.3. The number of benzene rings is 7. The number of hydrogen-bond donors (Lipinski definition) is 0. The van der Waals surface area contributed by atoms with Crippen molar-refractivity contribution < 1.29 is 0 Å². The number of nitrogens with zero attached hydrogens (tertiary/aromatic N) is 5. The van der Waals surface area contributed by atoms with Crippen LogP contribution in [0, 0.1) is 0 Å². The summed E-state index contributed by atoms with van der Waals surface area (Å²) in [6.07, 6.45) is 3.76. The summed E-state index contributed by atoms with van der Waals surface area (Å²) in [4.78, 5) is 14.9. The highest BCUT2D eigenvalue weighted by molar-refractivity contribution is 6.11. The van der Waals surface area contributed by atoms with E-state index in [9.17, 15) is 0 Å². The van der Waals surface area contributed by atoms with Crippen molar-refractivity contribution in [2.75, 3.05) is 0 Å². The highest BCUT2D eigenvalue weighted by Crippen LogP contribution is 2.39. The minimum Gasteiger partial charge on any atom is -0.309 e. The van der Waals surface area contributed by atoms with E-state index in [1.54, 1.807) is 0 Å². The largest absolute Gasteiger partial charge is 0.309 e. The third kappa shape index (κ3) is 5.21. The second kappa shape index (κ2) is 13.0. The highest BCUT2D eigenvalue weighted by atomic mass is 15.0. The molecule has 0 unspecified atom stereocenters. The van der Waals surface area contributed by atoms with Crippen molar-refractivity contribution in [3.05, 3.63) is 200 Å². The zero-order chi connectivity index (χ0) is 37.0. The van der Waals surface area contributed by atoms with E-state index in [4.69, 9.17) is 9.97 Å². The molecule has 4 aromatic heterocycles. The summed E-state index contributed by atoms with van der Waals surface area (Å²) in [6, 6.07) is 66.3. The molecule has 56 heavy (non-hydrogen) atoms. The van der Waals surface area contributed by atoms with Gasteiger partial charge in [0.15, 0.2) is 5.82 Å². The van der Waals surface area contributed by atoms with Gasteiger partial charge in [0.1, 0.15) is 0 Å². The fraction of sp³-hybridized carbons (Fsp3) is 0. The van der Waals surface area contributed by atoms with Crippen molar-refractivity contribution in [2.45, 2.75) is 0 Å². The Hall–Kier alpha value is -7.63. The number of rotatable bonds is 6. The molecule has 0 bridgehead atoms. The average Bonchev–Trinajstić information content (AvgIpc) is 3.80. The first-order chi connectivity index (χ1) is 27.8. The fourth-order valence-corrected chi connectivity index (χ4v) is 8.29. The molecule has 0 spiro atoms. The topological polar surface area (TPSA) is 48.5 Å². The van der Waals surface area contributed by atoms with E-state index in [2.05, 4.69) is 160 Å². The Kier molecular flexibility index (Phi) is 7.42. The van der Waals surface area contributed by atoms with Crippen LogP contribution >= 0.6 is 0 Å². The van der Waals surface area contributed by atoms with Crippen LogP contribution in [0.2, 0.25) is 0 Å². The van der Waals surface area contributed by atoms with Gasteiger partial charge in [-0.05, 0) is 66.2 Å². The number of aromatic nitrogens is 5. The van der Waals surface area contributed by atoms with Crippen molar-refractivity contribution in [3.8, 4) is 56.4 Å². The Labute approximate surface area is 323 Å². The molecule has 0 amide bonds. The second-order valence-corrected chi connectivity index (χ2v) is 14.1. The summed E-state index contributed by atoms with van der Waals surface area (Å²) in [6.45, 7) is 0. The van der Waals surface area contributed by atoms with Crippen LogP contribution in [-0.2, 0) is 0 Å². The van der Waals surface area contributed by atoms with E-state index < -0.39 is 0 Å². The monoisotopic (exact) mass is 715 g/mol. The van der Waals surface area contributed by atoms with Gasteiger partial charge < -0.3 is 9.13 Å². The molecule has 0 aliphatic rings. The quantitative estimate of drug-likeness (QED) is 0.172. The second-order valence-electron chi connectivity index (χ2n) is 14.1. The normalized spacial score (nSPS) is 11.6. The minimum absolute atomic E-state index is 0.659. The van der Waals surface area contributed by atoms with Crippen molar-refractivity contribution in [1.82, 2.24) is 24.1 Å². The van der Waals surface area contributed by atoms with Gasteiger partial charge in [-0.15, -0.1) is 0 Å². The first-order valence-electron chi connectivity index (χ1n) is 18.9. The van der Waals surface area contributed by atoms with Crippen molar-refractivity contribution >= 4 is 43.6 Å². The molecule has 0 N–H and O–H groups in total. The van der Waals surface area contributed by atoms with Crippen LogP contribution in [0.25, 0.3) is 100 Å². The van der Waals surface area contributed by atoms with Crippen molar-refractivity contribution in [1.29, 1.82) is 0 Å². The first-order valence-corrected chi connectivity index (χ1v) is 18.9. The van der Waals surface area contributed by atoms with Gasteiger partial charge in [0, 0.05) is 67.6 Å². The lowest BCUT2D eigenvalue weighted by Gasteiger charge is -2.14. The van der Waals surface area contributed by atoms with Crippen molar-refractivity contribution in [2.24, 2.45) is 0 Å². The number of pyridine rings is 1. The Bertz CT molecular complexity index is 3140. The zero-order valence-electron chi connectivity index (χ0n) is 30.3. The van der Waals surface area contributed by atoms with E-state index >= 15 is 0 Å². The molecule has 0 saturated heterocycles. The van der Waals surface area contributed by atoms with E-state index in [0.717, 1.165) is 61.6 Å². The maximum atomic E-state index is 5.16. The Morgan fingerprint density at radius 1 is 0.339 bits per heavy atom. The van der Waals surface area contributed by atoms with Gasteiger partial charge in [-0.1, -0.05) is 127 Å². The minimum atomic E-state index is 0.659. The number of hydrogen-bond acceptors (Lipinski definition) is 3. The Morgan fingerprint density at radius 3 is 1.41 bits per heavy atom. The predicted octanol–water partition coefficient (Wildman–Crippen LogP) is 12.7. The molecule has 11 aromatic rings. The van der Waals surface area contributed by atoms with Crippen LogP contribution in [-0.4, -0.2) is 24.1 Å². The van der Waals surface area contributed by atoms with Crippen LogP contribution in [0.3, 0.4) is 0 Å². The van der Waals surface area contributed by atoms with Gasteiger partial charge in [-0.3, -0.25) is 4.98 Å². The molecule has 7 aromatic carbocycles. The molecule has 0 fully saturated rings. The molecule has 5 nitrogen and oxygen atoms in total. The molecule has 0 radical (unpaired) electrons. The van der Waals surface area contributed by atoms with E-state index in [1.165, 1.54) is 32.6 Å². The lowest BCUT2D eigenvalue weighted by molar-refractivity contribution is 1.13. The fourth-order valence-electron chi connectivity index (χ4n) is 8.29. The smallest absolute Gasteiger partial charge is 0.161 e. The summed E-state index contributed by atoms with van der Waals surface area (Å²) in [5.74, 6) is 0.659. The van der Waals surface area contributed by atoms with E-state index in [1.807, 2.05) is 54.9 Å². The number of fused-ring (bicyclic) bond motifs is 6. The SMILES string of the molecule is c1ccc(-c2cc(-c3ccccc3)nc(-c3ccncc3-c3ccc4c(c3)c3ccccc3n4-c3cccc(-n4c5ccccc5c5ccccc54)c3)n2)cc1. The molecule has 0 atom stereocenters. The molecule has 0 aliphatic carbocycles. The van der Waals surface area contributed by atoms with Crippen LogP contribution < -0.4 is 0 Å². The average molecular weight is 716 g/mol. The third-order valence-corrected chi connectivity index (χ3v) is 10.8. The van der Waals surface area contributed by atoms with Gasteiger partial charge in [0.05, 0.1) is 33.5 Å². The van der Waals surface area contributed by atoms with Gasteiger partial charge in [0.25, 0.3) is 0 Å². The predicted molar refractivity (Wildman–Crippen MR) is 230 cm³/mol. The molecular formula is C51H33N5.